The lowest BCUT2D eigenvalue weighted by Crippen LogP contribution is -2.30. The van der Waals surface area contributed by atoms with Gasteiger partial charge in [0, 0.05) is 13.1 Å². The maximum atomic E-state index is 3.54. The highest BCUT2D eigenvalue weighted by Crippen LogP contribution is 2.31. The predicted octanol–water partition coefficient (Wildman–Crippen LogP) is 3.65. The molecule has 1 atom stereocenters. The van der Waals surface area contributed by atoms with Crippen molar-refractivity contribution in [2.75, 3.05) is 6.54 Å². The Bertz CT molecular complexity index is 366. The van der Waals surface area contributed by atoms with E-state index in [9.17, 15) is 0 Å². The van der Waals surface area contributed by atoms with Crippen LogP contribution in [0.1, 0.15) is 56.2 Å². The van der Waals surface area contributed by atoms with E-state index < -0.39 is 0 Å². The molecule has 1 aliphatic rings. The summed E-state index contributed by atoms with van der Waals surface area (Å²) in [5, 5.41) is 3.54. The van der Waals surface area contributed by atoms with E-state index in [-0.39, 0.29) is 0 Å². The molecule has 1 heterocycles. The lowest BCUT2D eigenvalue weighted by atomic mass is 9.82. The Kier molecular flexibility index (Phi) is 3.34. The van der Waals surface area contributed by atoms with Crippen molar-refractivity contribution in [1.82, 2.24) is 5.32 Å². The molecule has 0 aliphatic carbocycles. The highest BCUT2D eigenvalue weighted by molar-refractivity contribution is 5.37. The molecule has 0 radical (unpaired) electrons. The molecule has 2 rings (SSSR count). The Morgan fingerprint density at radius 2 is 1.94 bits per heavy atom. The first-order valence-electron chi connectivity index (χ1n) is 6.43. The topological polar surface area (TPSA) is 12.0 Å². The molecule has 0 fully saturated rings. The molecule has 1 heteroatoms. The van der Waals surface area contributed by atoms with Gasteiger partial charge < -0.3 is 5.32 Å². The molecule has 0 spiro atoms. The second-order valence-electron chi connectivity index (χ2n) is 5.59. The lowest BCUT2D eigenvalue weighted by molar-refractivity contribution is 0.435. The summed E-state index contributed by atoms with van der Waals surface area (Å²) in [7, 11) is 0. The van der Waals surface area contributed by atoms with Gasteiger partial charge in [0.1, 0.15) is 0 Å². The van der Waals surface area contributed by atoms with Gasteiger partial charge in [-0.2, -0.15) is 0 Å². The number of fused-ring (bicyclic) bond motifs is 1. The van der Waals surface area contributed by atoms with Gasteiger partial charge in [0.25, 0.3) is 0 Å². The molecule has 88 valence electrons. The lowest BCUT2D eigenvalue weighted by Gasteiger charge is -2.30. The van der Waals surface area contributed by atoms with Gasteiger partial charge in [0.05, 0.1) is 0 Å². The summed E-state index contributed by atoms with van der Waals surface area (Å²) in [4.78, 5) is 0. The molecule has 0 bridgehead atoms. The van der Waals surface area contributed by atoms with E-state index in [2.05, 4.69) is 51.2 Å². The Morgan fingerprint density at radius 3 is 2.56 bits per heavy atom. The van der Waals surface area contributed by atoms with E-state index in [4.69, 9.17) is 0 Å². The minimum atomic E-state index is 0.629. The van der Waals surface area contributed by atoms with Crippen molar-refractivity contribution in [2.45, 2.75) is 46.1 Å². The van der Waals surface area contributed by atoms with Crippen LogP contribution in [0.2, 0.25) is 0 Å². The summed E-state index contributed by atoms with van der Waals surface area (Å²) in [6, 6.07) is 7.06. The smallest absolute Gasteiger partial charge is 0.0208 e. The van der Waals surface area contributed by atoms with Gasteiger partial charge in [0.15, 0.2) is 0 Å². The Balaban J connectivity index is 2.37. The molecule has 16 heavy (non-hydrogen) atoms. The zero-order valence-electron chi connectivity index (χ0n) is 10.9. The standard InChI is InChI=1S/C15H23N/c1-10(2)12-5-6-14-13(7-12)8-16-9-15(14)11(3)4/h5-7,10-11,15-16H,8-9H2,1-4H3. The van der Waals surface area contributed by atoms with Crippen LogP contribution in [0.4, 0.5) is 0 Å². The van der Waals surface area contributed by atoms with E-state index in [1.165, 1.54) is 11.1 Å². The number of nitrogens with one attached hydrogen (secondary N) is 1. The van der Waals surface area contributed by atoms with Crippen molar-refractivity contribution in [1.29, 1.82) is 0 Å². The van der Waals surface area contributed by atoms with Crippen molar-refractivity contribution in [3.8, 4) is 0 Å². The third-order valence-electron chi connectivity index (χ3n) is 3.72. The quantitative estimate of drug-likeness (QED) is 0.797. The molecule has 1 unspecified atom stereocenters. The van der Waals surface area contributed by atoms with Crippen molar-refractivity contribution in [3.05, 3.63) is 34.9 Å². The van der Waals surface area contributed by atoms with Crippen molar-refractivity contribution in [2.24, 2.45) is 5.92 Å². The maximum absolute atomic E-state index is 3.54. The Labute approximate surface area is 99.3 Å². The molecule has 1 aliphatic heterocycles. The average molecular weight is 217 g/mol. The van der Waals surface area contributed by atoms with Gasteiger partial charge in [0.2, 0.25) is 0 Å². The van der Waals surface area contributed by atoms with Crippen molar-refractivity contribution >= 4 is 0 Å². The fourth-order valence-electron chi connectivity index (χ4n) is 2.57. The molecule has 1 aromatic carbocycles. The first kappa shape index (κ1) is 11.7. The Morgan fingerprint density at radius 1 is 1.19 bits per heavy atom. The average Bonchev–Trinajstić information content (AvgIpc) is 2.27. The van der Waals surface area contributed by atoms with Gasteiger partial charge in [-0.3, -0.25) is 0 Å². The number of rotatable bonds is 2. The molecular formula is C15H23N. The van der Waals surface area contributed by atoms with Gasteiger partial charge >= 0.3 is 0 Å². The SMILES string of the molecule is CC(C)c1ccc2c(c1)CNCC2C(C)C. The van der Waals surface area contributed by atoms with Gasteiger partial charge in [-0.05, 0) is 34.4 Å². The predicted molar refractivity (Wildman–Crippen MR) is 69.8 cm³/mol. The summed E-state index contributed by atoms with van der Waals surface area (Å²) in [5.74, 6) is 2.03. The zero-order chi connectivity index (χ0) is 11.7. The minimum Gasteiger partial charge on any atom is -0.312 e. The highest BCUT2D eigenvalue weighted by atomic mass is 14.9. The van der Waals surface area contributed by atoms with Gasteiger partial charge in [-0.25, -0.2) is 0 Å². The third kappa shape index (κ3) is 2.15. The van der Waals surface area contributed by atoms with Crippen LogP contribution in [-0.4, -0.2) is 6.54 Å². The molecule has 1 nitrogen and oxygen atoms in total. The third-order valence-corrected chi connectivity index (χ3v) is 3.72. The van der Waals surface area contributed by atoms with Crippen molar-refractivity contribution < 1.29 is 0 Å². The zero-order valence-corrected chi connectivity index (χ0v) is 10.9. The molecule has 0 amide bonds. The Hall–Kier alpha value is -0.820. The molecule has 0 saturated heterocycles. The van der Waals surface area contributed by atoms with Crippen LogP contribution in [0.15, 0.2) is 18.2 Å². The van der Waals surface area contributed by atoms with E-state index in [1.807, 2.05) is 0 Å². The summed E-state index contributed by atoms with van der Waals surface area (Å²) < 4.78 is 0. The molecule has 0 saturated carbocycles. The van der Waals surface area contributed by atoms with Gasteiger partial charge in [-0.1, -0.05) is 45.9 Å². The van der Waals surface area contributed by atoms with Crippen LogP contribution >= 0.6 is 0 Å². The van der Waals surface area contributed by atoms with E-state index in [0.29, 0.717) is 11.8 Å². The summed E-state index contributed by atoms with van der Waals surface area (Å²) in [6.45, 7) is 11.3. The number of benzene rings is 1. The summed E-state index contributed by atoms with van der Waals surface area (Å²) in [6.07, 6.45) is 0. The molecule has 1 N–H and O–H groups in total. The van der Waals surface area contributed by atoms with Gasteiger partial charge in [-0.15, -0.1) is 0 Å². The van der Waals surface area contributed by atoms with Crippen molar-refractivity contribution in [3.63, 3.8) is 0 Å². The normalized spacial score (nSPS) is 20.2. The molecular weight excluding hydrogens is 194 g/mol. The molecule has 0 aromatic heterocycles. The fourth-order valence-corrected chi connectivity index (χ4v) is 2.57. The first-order chi connectivity index (χ1) is 7.59. The van der Waals surface area contributed by atoms with E-state index >= 15 is 0 Å². The number of hydrogen-bond acceptors (Lipinski definition) is 1. The second kappa shape index (κ2) is 4.58. The summed E-state index contributed by atoms with van der Waals surface area (Å²) in [5.41, 5.74) is 4.54. The van der Waals surface area contributed by atoms with Crippen LogP contribution in [0.25, 0.3) is 0 Å². The highest BCUT2D eigenvalue weighted by Gasteiger charge is 2.22. The van der Waals surface area contributed by atoms with Crippen LogP contribution in [-0.2, 0) is 6.54 Å². The van der Waals surface area contributed by atoms with Crippen LogP contribution < -0.4 is 5.32 Å². The monoisotopic (exact) mass is 217 g/mol. The minimum absolute atomic E-state index is 0.629. The van der Waals surface area contributed by atoms with Crippen LogP contribution in [0.5, 0.6) is 0 Å². The van der Waals surface area contributed by atoms with E-state index in [0.717, 1.165) is 19.0 Å². The fraction of sp³-hybridized carbons (Fsp3) is 0.600. The number of hydrogen-bond donors (Lipinski definition) is 1. The maximum Gasteiger partial charge on any atom is 0.0208 e. The first-order valence-corrected chi connectivity index (χ1v) is 6.43. The van der Waals surface area contributed by atoms with Crippen LogP contribution in [0.3, 0.4) is 0 Å². The van der Waals surface area contributed by atoms with Crippen LogP contribution in [0, 0.1) is 5.92 Å². The molecule has 1 aromatic rings. The largest absolute Gasteiger partial charge is 0.312 e. The summed E-state index contributed by atoms with van der Waals surface area (Å²) >= 11 is 0. The van der Waals surface area contributed by atoms with E-state index in [1.54, 1.807) is 5.56 Å². The second-order valence-corrected chi connectivity index (χ2v) is 5.59.